The molecule has 0 bridgehead atoms. The third kappa shape index (κ3) is 3.88. The van der Waals surface area contributed by atoms with Gasteiger partial charge in [0.15, 0.2) is 0 Å². The van der Waals surface area contributed by atoms with E-state index in [9.17, 15) is 9.59 Å². The maximum atomic E-state index is 12.1. The summed E-state index contributed by atoms with van der Waals surface area (Å²) in [6.45, 7) is 6.61. The molecule has 1 saturated heterocycles. The van der Waals surface area contributed by atoms with E-state index in [1.807, 2.05) is 32.9 Å². The van der Waals surface area contributed by atoms with Gasteiger partial charge >= 0.3 is 11.7 Å². The lowest BCUT2D eigenvalue weighted by Crippen LogP contribution is -2.36. The Morgan fingerprint density at radius 1 is 1.25 bits per heavy atom. The molecule has 24 heavy (non-hydrogen) atoms. The molecule has 0 aliphatic carbocycles. The average molecular weight is 331 g/mol. The van der Waals surface area contributed by atoms with Crippen LogP contribution in [0.15, 0.2) is 39.5 Å². The van der Waals surface area contributed by atoms with Crippen molar-refractivity contribution >= 4 is 17.1 Å². The molecule has 1 aliphatic heterocycles. The minimum atomic E-state index is -0.508. The van der Waals surface area contributed by atoms with Gasteiger partial charge in [-0.2, -0.15) is 0 Å². The minimum Gasteiger partial charge on any atom is -0.488 e. The molecule has 1 aromatic heterocycles. The molecule has 1 aromatic carbocycles. The Labute approximate surface area is 140 Å². The second kappa shape index (κ2) is 6.19. The summed E-state index contributed by atoms with van der Waals surface area (Å²) < 4.78 is 16.5. The summed E-state index contributed by atoms with van der Waals surface area (Å²) in [5, 5.41) is 0.837. The van der Waals surface area contributed by atoms with Crippen LogP contribution in [0.25, 0.3) is 11.0 Å². The van der Waals surface area contributed by atoms with Crippen LogP contribution >= 0.6 is 0 Å². The van der Waals surface area contributed by atoms with E-state index in [0.717, 1.165) is 11.8 Å². The third-order valence-electron chi connectivity index (χ3n) is 3.69. The number of amides is 1. The Morgan fingerprint density at radius 2 is 2.00 bits per heavy atom. The normalized spacial score (nSPS) is 18.0. The second-order valence-corrected chi connectivity index (χ2v) is 6.91. The number of carbonyl (C=O) groups excluding carboxylic acids is 1. The number of hydrogen-bond donors (Lipinski definition) is 0. The zero-order valence-corrected chi connectivity index (χ0v) is 14.1. The van der Waals surface area contributed by atoms with Crippen molar-refractivity contribution in [2.75, 3.05) is 13.1 Å². The molecule has 1 atom stereocenters. The molecule has 128 valence electrons. The van der Waals surface area contributed by atoms with Crippen LogP contribution < -0.4 is 10.4 Å². The summed E-state index contributed by atoms with van der Waals surface area (Å²) in [5.74, 6) is 0.618. The Kier molecular flexibility index (Phi) is 4.22. The van der Waals surface area contributed by atoms with E-state index >= 15 is 0 Å². The molecule has 0 spiro atoms. The maximum Gasteiger partial charge on any atom is 0.410 e. The molecule has 0 N–H and O–H groups in total. The predicted octanol–water partition coefficient (Wildman–Crippen LogP) is 3.18. The first-order chi connectivity index (χ1) is 11.3. The molecule has 1 amide bonds. The van der Waals surface area contributed by atoms with Gasteiger partial charge in [0.05, 0.1) is 6.54 Å². The first kappa shape index (κ1) is 16.4. The van der Waals surface area contributed by atoms with Gasteiger partial charge in [-0.05, 0) is 39.0 Å². The van der Waals surface area contributed by atoms with Crippen LogP contribution in [0.4, 0.5) is 4.79 Å². The fraction of sp³-hybridized carbons (Fsp3) is 0.444. The summed E-state index contributed by atoms with van der Waals surface area (Å²) in [6, 6.07) is 8.48. The standard InChI is InChI=1S/C18H21NO5/c1-18(2,3)24-17(21)19-9-8-14(11-19)22-13-6-4-12-5-7-16(20)23-15(12)10-13/h4-7,10,14H,8-9,11H2,1-3H3. The van der Waals surface area contributed by atoms with Crippen molar-refractivity contribution in [1.29, 1.82) is 0 Å². The molecule has 1 aliphatic rings. The number of nitrogens with zero attached hydrogens (tertiary/aromatic N) is 1. The van der Waals surface area contributed by atoms with Crippen molar-refractivity contribution in [3.8, 4) is 5.75 Å². The monoisotopic (exact) mass is 331 g/mol. The molecule has 6 nitrogen and oxygen atoms in total. The topological polar surface area (TPSA) is 69.0 Å². The first-order valence-electron chi connectivity index (χ1n) is 7.99. The lowest BCUT2D eigenvalue weighted by Gasteiger charge is -2.24. The second-order valence-electron chi connectivity index (χ2n) is 6.91. The third-order valence-corrected chi connectivity index (χ3v) is 3.69. The van der Waals surface area contributed by atoms with Gasteiger partial charge in [-0.1, -0.05) is 0 Å². The molecule has 2 heterocycles. The van der Waals surface area contributed by atoms with Gasteiger partial charge in [0.1, 0.15) is 23.0 Å². The van der Waals surface area contributed by atoms with Crippen molar-refractivity contribution in [1.82, 2.24) is 4.90 Å². The van der Waals surface area contributed by atoms with Crippen molar-refractivity contribution in [3.05, 3.63) is 40.8 Å². The van der Waals surface area contributed by atoms with Gasteiger partial charge in [0.2, 0.25) is 0 Å². The van der Waals surface area contributed by atoms with Crippen molar-refractivity contribution in [2.45, 2.75) is 38.9 Å². The zero-order valence-electron chi connectivity index (χ0n) is 14.1. The Balaban J connectivity index is 1.65. The quantitative estimate of drug-likeness (QED) is 0.791. The fourth-order valence-electron chi connectivity index (χ4n) is 2.62. The molecule has 0 radical (unpaired) electrons. The zero-order chi connectivity index (χ0) is 17.3. The van der Waals surface area contributed by atoms with Gasteiger partial charge in [-0.25, -0.2) is 9.59 Å². The van der Waals surface area contributed by atoms with Crippen LogP contribution in [0.1, 0.15) is 27.2 Å². The highest BCUT2D eigenvalue weighted by Gasteiger charge is 2.30. The molecule has 2 aromatic rings. The van der Waals surface area contributed by atoms with E-state index in [2.05, 4.69) is 0 Å². The maximum absolute atomic E-state index is 12.1. The van der Waals surface area contributed by atoms with Crippen LogP contribution in [-0.4, -0.2) is 35.8 Å². The van der Waals surface area contributed by atoms with E-state index in [-0.39, 0.29) is 12.2 Å². The number of likely N-dealkylation sites (tertiary alicyclic amines) is 1. The van der Waals surface area contributed by atoms with Crippen LogP contribution in [0, 0.1) is 0 Å². The number of carbonyl (C=O) groups is 1. The fourth-order valence-corrected chi connectivity index (χ4v) is 2.62. The van der Waals surface area contributed by atoms with Crippen LogP contribution in [0.2, 0.25) is 0 Å². The van der Waals surface area contributed by atoms with Crippen LogP contribution in [0.3, 0.4) is 0 Å². The molecule has 1 unspecified atom stereocenters. The van der Waals surface area contributed by atoms with Crippen molar-refractivity contribution in [2.24, 2.45) is 0 Å². The SMILES string of the molecule is CC(C)(C)OC(=O)N1CCC(Oc2ccc3ccc(=O)oc3c2)C1. The number of fused-ring (bicyclic) bond motifs is 1. The molecule has 6 heteroatoms. The smallest absolute Gasteiger partial charge is 0.410 e. The van der Waals surface area contributed by atoms with Crippen LogP contribution in [0.5, 0.6) is 5.75 Å². The van der Waals surface area contributed by atoms with E-state index in [4.69, 9.17) is 13.9 Å². The summed E-state index contributed by atoms with van der Waals surface area (Å²) >= 11 is 0. The number of hydrogen-bond acceptors (Lipinski definition) is 5. The van der Waals surface area contributed by atoms with Gasteiger partial charge in [-0.15, -0.1) is 0 Å². The van der Waals surface area contributed by atoms with E-state index in [1.54, 1.807) is 17.0 Å². The largest absolute Gasteiger partial charge is 0.488 e. The first-order valence-corrected chi connectivity index (χ1v) is 7.99. The Bertz CT molecular complexity index is 805. The Morgan fingerprint density at radius 3 is 2.75 bits per heavy atom. The lowest BCUT2D eigenvalue weighted by molar-refractivity contribution is 0.0275. The van der Waals surface area contributed by atoms with E-state index < -0.39 is 11.2 Å². The van der Waals surface area contributed by atoms with Gasteiger partial charge in [0.25, 0.3) is 0 Å². The van der Waals surface area contributed by atoms with Crippen molar-refractivity contribution in [3.63, 3.8) is 0 Å². The Hall–Kier alpha value is -2.50. The molecular formula is C18H21NO5. The highest BCUT2D eigenvalue weighted by molar-refractivity contribution is 5.77. The van der Waals surface area contributed by atoms with E-state index in [0.29, 0.717) is 24.4 Å². The van der Waals surface area contributed by atoms with Gasteiger partial charge in [-0.3, -0.25) is 0 Å². The average Bonchev–Trinajstić information content (AvgIpc) is 2.94. The summed E-state index contributed by atoms with van der Waals surface area (Å²) in [7, 11) is 0. The highest BCUT2D eigenvalue weighted by Crippen LogP contribution is 2.23. The van der Waals surface area contributed by atoms with Crippen molar-refractivity contribution < 1.29 is 18.7 Å². The molecule has 1 fully saturated rings. The molecule has 0 saturated carbocycles. The summed E-state index contributed by atoms with van der Waals surface area (Å²) in [6.07, 6.45) is 0.305. The highest BCUT2D eigenvalue weighted by atomic mass is 16.6. The van der Waals surface area contributed by atoms with Crippen LogP contribution in [-0.2, 0) is 4.74 Å². The van der Waals surface area contributed by atoms with E-state index in [1.165, 1.54) is 6.07 Å². The van der Waals surface area contributed by atoms with Gasteiger partial charge < -0.3 is 18.8 Å². The minimum absolute atomic E-state index is 0.106. The number of ether oxygens (including phenoxy) is 2. The summed E-state index contributed by atoms with van der Waals surface area (Å²) in [4.78, 5) is 25.0. The summed E-state index contributed by atoms with van der Waals surface area (Å²) in [5.41, 5.74) is -0.412. The lowest BCUT2D eigenvalue weighted by atomic mass is 10.2. The number of benzene rings is 1. The van der Waals surface area contributed by atoms with Gasteiger partial charge in [0, 0.05) is 30.5 Å². The molecule has 3 rings (SSSR count). The predicted molar refractivity (Wildman–Crippen MR) is 89.3 cm³/mol. The molecular weight excluding hydrogens is 310 g/mol. The number of rotatable bonds is 2.